The summed E-state index contributed by atoms with van der Waals surface area (Å²) in [4.78, 5) is 12.8. The van der Waals surface area contributed by atoms with Crippen molar-refractivity contribution in [3.63, 3.8) is 0 Å². The monoisotopic (exact) mass is 264 g/mol. The molecule has 0 saturated heterocycles. The third-order valence-corrected chi connectivity index (χ3v) is 4.98. The van der Waals surface area contributed by atoms with E-state index in [2.05, 4.69) is 39.7 Å². The average molecular weight is 264 g/mol. The molecule has 106 valence electrons. The first-order valence-corrected chi connectivity index (χ1v) is 6.93. The molecule has 1 heterocycles. The third-order valence-electron chi connectivity index (χ3n) is 4.98. The number of hydrogen-bond acceptors (Lipinski definition) is 3. The van der Waals surface area contributed by atoms with Gasteiger partial charge in [0, 0.05) is 12.5 Å². The first kappa shape index (κ1) is 14.1. The number of ketones is 1. The minimum atomic E-state index is 0.0381. The molecule has 0 spiro atoms. The van der Waals surface area contributed by atoms with E-state index < -0.39 is 0 Å². The Balaban J connectivity index is 2.37. The molecule has 0 N–H and O–H groups in total. The SMILES string of the molecule is CCCn1ncc(OC)c1C(=O)C1C(C)(C)C1(C)C. The molecule has 1 fully saturated rings. The molecule has 0 aliphatic heterocycles. The number of aryl methyl sites for hydroxylation is 1. The Morgan fingerprint density at radius 3 is 2.37 bits per heavy atom. The molecule has 0 aromatic carbocycles. The molecule has 0 bridgehead atoms. The van der Waals surface area contributed by atoms with E-state index in [4.69, 9.17) is 4.74 Å². The van der Waals surface area contributed by atoms with E-state index in [0.717, 1.165) is 13.0 Å². The first-order chi connectivity index (χ1) is 8.79. The summed E-state index contributed by atoms with van der Waals surface area (Å²) >= 11 is 0. The van der Waals surface area contributed by atoms with Crippen molar-refractivity contribution in [1.29, 1.82) is 0 Å². The van der Waals surface area contributed by atoms with Crippen molar-refractivity contribution in [3.8, 4) is 5.75 Å². The van der Waals surface area contributed by atoms with Crippen LogP contribution >= 0.6 is 0 Å². The summed E-state index contributed by atoms with van der Waals surface area (Å²) in [5.41, 5.74) is 0.709. The molecule has 1 aliphatic carbocycles. The highest BCUT2D eigenvalue weighted by atomic mass is 16.5. The Morgan fingerprint density at radius 2 is 1.95 bits per heavy atom. The third kappa shape index (κ3) is 1.88. The predicted molar refractivity (Wildman–Crippen MR) is 74.5 cm³/mol. The number of carbonyl (C=O) groups excluding carboxylic acids is 1. The highest BCUT2D eigenvalue weighted by Gasteiger charge is 2.68. The fraction of sp³-hybridized carbons (Fsp3) is 0.733. The Kier molecular flexibility index (Phi) is 3.23. The second-order valence-corrected chi connectivity index (χ2v) is 6.53. The highest BCUT2D eigenvalue weighted by molar-refractivity contribution is 6.01. The summed E-state index contributed by atoms with van der Waals surface area (Å²) in [5, 5.41) is 4.27. The number of rotatable bonds is 5. The van der Waals surface area contributed by atoms with Crippen LogP contribution in [-0.4, -0.2) is 22.7 Å². The molecule has 1 aliphatic rings. The minimum Gasteiger partial charge on any atom is -0.493 e. The van der Waals surface area contributed by atoms with Crippen LogP contribution in [0.4, 0.5) is 0 Å². The Bertz CT molecular complexity index is 486. The number of methoxy groups -OCH3 is 1. The summed E-state index contributed by atoms with van der Waals surface area (Å²) in [7, 11) is 1.59. The van der Waals surface area contributed by atoms with E-state index in [9.17, 15) is 4.79 Å². The second-order valence-electron chi connectivity index (χ2n) is 6.53. The van der Waals surface area contributed by atoms with Crippen LogP contribution in [-0.2, 0) is 6.54 Å². The van der Waals surface area contributed by atoms with Gasteiger partial charge in [-0.1, -0.05) is 34.6 Å². The lowest BCUT2D eigenvalue weighted by Gasteiger charge is -2.08. The van der Waals surface area contributed by atoms with Crippen LogP contribution in [0.1, 0.15) is 51.5 Å². The van der Waals surface area contributed by atoms with Crippen molar-refractivity contribution >= 4 is 5.78 Å². The molecular weight excluding hydrogens is 240 g/mol. The molecule has 1 aromatic rings. The summed E-state index contributed by atoms with van der Waals surface area (Å²) in [5.74, 6) is 0.802. The number of carbonyl (C=O) groups is 1. The molecular formula is C15H24N2O2. The molecule has 0 amide bonds. The van der Waals surface area contributed by atoms with E-state index in [1.54, 1.807) is 18.0 Å². The lowest BCUT2D eigenvalue weighted by atomic mass is 10.0. The topological polar surface area (TPSA) is 44.1 Å². The Labute approximate surface area is 115 Å². The molecule has 1 aromatic heterocycles. The van der Waals surface area contributed by atoms with E-state index in [-0.39, 0.29) is 22.5 Å². The smallest absolute Gasteiger partial charge is 0.188 e. The molecule has 0 atom stereocenters. The van der Waals surface area contributed by atoms with Crippen LogP contribution < -0.4 is 4.74 Å². The van der Waals surface area contributed by atoms with Gasteiger partial charge in [-0.15, -0.1) is 0 Å². The number of hydrogen-bond donors (Lipinski definition) is 0. The van der Waals surface area contributed by atoms with Gasteiger partial charge in [-0.25, -0.2) is 0 Å². The van der Waals surface area contributed by atoms with Gasteiger partial charge in [0.25, 0.3) is 0 Å². The number of nitrogens with zero attached hydrogens (tertiary/aromatic N) is 2. The Hall–Kier alpha value is -1.32. The van der Waals surface area contributed by atoms with Crippen LogP contribution in [0, 0.1) is 16.7 Å². The van der Waals surface area contributed by atoms with Gasteiger partial charge in [0.05, 0.1) is 13.3 Å². The lowest BCUT2D eigenvalue weighted by molar-refractivity contribution is 0.0931. The fourth-order valence-corrected chi connectivity index (χ4v) is 3.14. The maximum atomic E-state index is 12.8. The van der Waals surface area contributed by atoms with E-state index in [0.29, 0.717) is 11.4 Å². The maximum absolute atomic E-state index is 12.8. The zero-order chi connectivity index (χ0) is 14.4. The van der Waals surface area contributed by atoms with Gasteiger partial charge < -0.3 is 4.74 Å². The van der Waals surface area contributed by atoms with Crippen LogP contribution in [0.3, 0.4) is 0 Å². The molecule has 4 heteroatoms. The largest absolute Gasteiger partial charge is 0.493 e. The molecule has 19 heavy (non-hydrogen) atoms. The van der Waals surface area contributed by atoms with Gasteiger partial charge in [0.2, 0.25) is 0 Å². The van der Waals surface area contributed by atoms with E-state index >= 15 is 0 Å². The van der Waals surface area contributed by atoms with Gasteiger partial charge in [-0.2, -0.15) is 5.10 Å². The lowest BCUT2D eigenvalue weighted by Crippen LogP contribution is -2.16. The summed E-state index contributed by atoms with van der Waals surface area (Å²) < 4.78 is 7.09. The maximum Gasteiger partial charge on any atom is 0.188 e. The van der Waals surface area contributed by atoms with Crippen molar-refractivity contribution in [3.05, 3.63) is 11.9 Å². The van der Waals surface area contributed by atoms with Gasteiger partial charge >= 0.3 is 0 Å². The van der Waals surface area contributed by atoms with Crippen LogP contribution in [0.25, 0.3) is 0 Å². The van der Waals surface area contributed by atoms with E-state index in [1.165, 1.54) is 0 Å². The van der Waals surface area contributed by atoms with Crippen molar-refractivity contribution in [2.75, 3.05) is 7.11 Å². The second kappa shape index (κ2) is 4.36. The quantitative estimate of drug-likeness (QED) is 0.767. The number of aromatic nitrogens is 2. The van der Waals surface area contributed by atoms with Gasteiger partial charge in [0.1, 0.15) is 5.69 Å². The van der Waals surface area contributed by atoms with Crippen LogP contribution in [0.15, 0.2) is 6.20 Å². The van der Waals surface area contributed by atoms with Crippen molar-refractivity contribution in [1.82, 2.24) is 9.78 Å². The van der Waals surface area contributed by atoms with Crippen LogP contribution in [0.5, 0.6) is 5.75 Å². The molecule has 2 rings (SSSR count). The number of Topliss-reactive ketones (excluding diaryl/α,β-unsaturated/α-hetero) is 1. The highest BCUT2D eigenvalue weighted by Crippen LogP contribution is 2.69. The van der Waals surface area contributed by atoms with Crippen molar-refractivity contribution < 1.29 is 9.53 Å². The summed E-state index contributed by atoms with van der Waals surface area (Å²) in [6, 6.07) is 0. The van der Waals surface area contributed by atoms with Gasteiger partial charge in [0.15, 0.2) is 11.5 Å². The van der Waals surface area contributed by atoms with Crippen LogP contribution in [0.2, 0.25) is 0 Å². The summed E-state index contributed by atoms with van der Waals surface area (Å²) in [6.07, 6.45) is 2.59. The molecule has 0 radical (unpaired) electrons. The first-order valence-electron chi connectivity index (χ1n) is 6.93. The standard InChI is InChI=1S/C15H24N2O2/c1-7-8-17-11(10(19-6)9-16-17)12(18)13-14(2,3)15(13,4)5/h9,13H,7-8H2,1-6H3. The van der Waals surface area contributed by atoms with Gasteiger partial charge in [-0.3, -0.25) is 9.48 Å². The van der Waals surface area contributed by atoms with E-state index in [1.807, 2.05) is 0 Å². The normalized spacial score (nSPS) is 20.3. The van der Waals surface area contributed by atoms with Gasteiger partial charge in [-0.05, 0) is 17.3 Å². The van der Waals surface area contributed by atoms with Crippen molar-refractivity contribution in [2.24, 2.45) is 16.7 Å². The molecule has 0 unspecified atom stereocenters. The fourth-order valence-electron chi connectivity index (χ4n) is 3.14. The van der Waals surface area contributed by atoms with Crippen molar-refractivity contribution in [2.45, 2.75) is 47.6 Å². The number of ether oxygens (including phenoxy) is 1. The minimum absolute atomic E-state index is 0.0381. The molecule has 1 saturated carbocycles. The zero-order valence-corrected chi connectivity index (χ0v) is 12.8. The summed E-state index contributed by atoms with van der Waals surface area (Å²) in [6.45, 7) is 11.4. The average Bonchev–Trinajstić information content (AvgIpc) is 2.64. The predicted octanol–water partition coefficient (Wildman–Crippen LogP) is 3.17. The Morgan fingerprint density at radius 1 is 1.37 bits per heavy atom. The zero-order valence-electron chi connectivity index (χ0n) is 12.8. The molecule has 4 nitrogen and oxygen atoms in total.